The summed E-state index contributed by atoms with van der Waals surface area (Å²) < 4.78 is 14.1. The lowest BCUT2D eigenvalue weighted by molar-refractivity contribution is -0.132. The number of ether oxygens (including phenoxy) is 2. The number of carbonyl (C=O) groups excluding carboxylic acids is 1. The Morgan fingerprint density at radius 1 is 1.20 bits per heavy atom. The van der Waals surface area contributed by atoms with Crippen molar-refractivity contribution in [3.8, 4) is 16.8 Å². The van der Waals surface area contributed by atoms with E-state index in [1.807, 2.05) is 32.0 Å². The van der Waals surface area contributed by atoms with E-state index in [2.05, 4.69) is 16.3 Å². The Balaban J connectivity index is 1.93. The first-order chi connectivity index (χ1) is 19.7. The Kier molecular flexibility index (Phi) is 9.36. The standard InChI is InChI=1S/C28H33N7O5S/c1-6-18(2)32(4)23(36)17-33-25(37)24-19(3)26(35-30-13-14-31-35)41-27(24)34(28(33)38)16-22(40-15-9-12-29)20-10-7-8-11-21(20)39-5/h7-8,10-11,13-14,18,22H,6,9,15-17H2,1-5H3/t18?,22-/m0/s1. The van der Waals surface area contributed by atoms with Gasteiger partial charge in [0.25, 0.3) is 5.56 Å². The molecule has 0 bridgehead atoms. The zero-order chi connectivity index (χ0) is 29.7. The summed E-state index contributed by atoms with van der Waals surface area (Å²) in [4.78, 5) is 44.4. The van der Waals surface area contributed by atoms with Crippen LogP contribution in [0.15, 0.2) is 46.2 Å². The summed E-state index contributed by atoms with van der Waals surface area (Å²) in [6.07, 6.45) is 3.24. The van der Waals surface area contributed by atoms with Gasteiger partial charge in [0, 0.05) is 24.2 Å². The molecule has 0 aliphatic rings. The van der Waals surface area contributed by atoms with E-state index in [1.165, 1.54) is 33.1 Å². The molecule has 1 unspecified atom stereocenters. The topological polar surface area (TPSA) is 137 Å². The molecule has 0 saturated carbocycles. The molecule has 216 valence electrons. The molecular formula is C28H33N7O5S. The predicted molar refractivity (Wildman–Crippen MR) is 154 cm³/mol. The second-order valence-corrected chi connectivity index (χ2v) is 10.6. The van der Waals surface area contributed by atoms with Gasteiger partial charge in [0.1, 0.15) is 28.2 Å². The highest BCUT2D eigenvalue weighted by atomic mass is 32.1. The highest BCUT2D eigenvalue weighted by Crippen LogP contribution is 2.33. The van der Waals surface area contributed by atoms with Crippen LogP contribution in [-0.2, 0) is 22.6 Å². The Bertz CT molecular complexity index is 1680. The van der Waals surface area contributed by atoms with E-state index in [9.17, 15) is 14.4 Å². The van der Waals surface area contributed by atoms with Crippen LogP contribution < -0.4 is 16.0 Å². The van der Waals surface area contributed by atoms with Gasteiger partial charge in [-0.05, 0) is 26.3 Å². The molecular weight excluding hydrogens is 546 g/mol. The molecule has 1 amide bonds. The van der Waals surface area contributed by atoms with Crippen molar-refractivity contribution < 1.29 is 14.3 Å². The van der Waals surface area contributed by atoms with Gasteiger partial charge in [-0.1, -0.05) is 36.5 Å². The average Bonchev–Trinajstić information content (AvgIpc) is 3.63. The second kappa shape index (κ2) is 12.9. The molecule has 0 N–H and O–H groups in total. The SMILES string of the molecule is CCC(C)N(C)C(=O)Cn1c(=O)c2c(C)c(-n3nccn3)sc2n(C[C@H](OCCC#N)c2ccccc2OC)c1=O. The van der Waals surface area contributed by atoms with Crippen LogP contribution in [0.25, 0.3) is 15.2 Å². The van der Waals surface area contributed by atoms with Gasteiger partial charge in [0.2, 0.25) is 5.91 Å². The van der Waals surface area contributed by atoms with Gasteiger partial charge in [-0.3, -0.25) is 18.7 Å². The second-order valence-electron chi connectivity index (χ2n) is 9.59. The number of likely N-dealkylation sites (N-methyl/N-ethyl adjacent to an activating group) is 1. The van der Waals surface area contributed by atoms with Crippen LogP contribution in [0.4, 0.5) is 0 Å². The number of thiophene rings is 1. The molecule has 1 aromatic carbocycles. The summed E-state index contributed by atoms with van der Waals surface area (Å²) >= 11 is 1.21. The third kappa shape index (κ3) is 5.94. The summed E-state index contributed by atoms with van der Waals surface area (Å²) in [5.41, 5.74) is 0.0770. The van der Waals surface area contributed by atoms with Crippen LogP contribution in [0.2, 0.25) is 0 Å². The number of carbonyl (C=O) groups is 1. The molecule has 0 aliphatic heterocycles. The summed E-state index contributed by atoms with van der Waals surface area (Å²) in [6.45, 7) is 5.36. The summed E-state index contributed by atoms with van der Waals surface area (Å²) in [5, 5.41) is 18.4. The highest BCUT2D eigenvalue weighted by Gasteiger charge is 2.27. The number of aromatic nitrogens is 5. The molecule has 2 atom stereocenters. The fourth-order valence-corrected chi connectivity index (χ4v) is 5.77. The number of hydrogen-bond acceptors (Lipinski definition) is 9. The number of hydrogen-bond donors (Lipinski definition) is 0. The first kappa shape index (κ1) is 29.7. The molecule has 0 radical (unpaired) electrons. The van der Waals surface area contributed by atoms with Crippen LogP contribution in [0, 0.1) is 18.3 Å². The first-order valence-electron chi connectivity index (χ1n) is 13.2. The molecule has 0 saturated heterocycles. The minimum Gasteiger partial charge on any atom is -0.496 e. The maximum absolute atomic E-state index is 14.0. The number of aryl methyl sites for hydroxylation is 1. The molecule has 12 nitrogen and oxygen atoms in total. The van der Waals surface area contributed by atoms with Crippen LogP contribution in [0.1, 0.15) is 43.9 Å². The minimum absolute atomic E-state index is 0.00272. The van der Waals surface area contributed by atoms with E-state index in [4.69, 9.17) is 14.7 Å². The fraction of sp³-hybridized carbons (Fsp3) is 0.429. The number of nitrogens with zero attached hydrogens (tertiary/aromatic N) is 7. The van der Waals surface area contributed by atoms with Gasteiger partial charge < -0.3 is 14.4 Å². The van der Waals surface area contributed by atoms with Gasteiger partial charge >= 0.3 is 5.69 Å². The van der Waals surface area contributed by atoms with Crippen molar-refractivity contribution in [1.29, 1.82) is 5.26 Å². The van der Waals surface area contributed by atoms with Gasteiger partial charge in [0.15, 0.2) is 0 Å². The molecule has 13 heteroatoms. The van der Waals surface area contributed by atoms with Crippen molar-refractivity contribution in [3.63, 3.8) is 0 Å². The van der Waals surface area contributed by atoms with Crippen molar-refractivity contribution in [3.05, 3.63) is 68.6 Å². The third-order valence-electron chi connectivity index (χ3n) is 7.18. The van der Waals surface area contributed by atoms with Crippen LogP contribution in [0.5, 0.6) is 5.75 Å². The molecule has 4 aromatic rings. The third-order valence-corrected chi connectivity index (χ3v) is 8.46. The number of fused-ring (bicyclic) bond motifs is 1. The minimum atomic E-state index is -0.696. The zero-order valence-corrected chi connectivity index (χ0v) is 24.6. The van der Waals surface area contributed by atoms with Crippen molar-refractivity contribution in [2.45, 2.75) is 58.8 Å². The van der Waals surface area contributed by atoms with E-state index in [-0.39, 0.29) is 31.5 Å². The van der Waals surface area contributed by atoms with E-state index in [1.54, 1.807) is 32.0 Å². The molecule has 0 spiro atoms. The summed E-state index contributed by atoms with van der Waals surface area (Å²) in [7, 11) is 3.21. The molecule has 0 aliphatic carbocycles. The Labute approximate surface area is 240 Å². The van der Waals surface area contributed by atoms with E-state index in [0.29, 0.717) is 32.1 Å². The van der Waals surface area contributed by atoms with Gasteiger partial charge in [0.05, 0.1) is 50.5 Å². The average molecular weight is 580 g/mol. The highest BCUT2D eigenvalue weighted by molar-refractivity contribution is 7.21. The van der Waals surface area contributed by atoms with Crippen molar-refractivity contribution in [2.75, 3.05) is 20.8 Å². The lowest BCUT2D eigenvalue weighted by Gasteiger charge is -2.25. The molecule has 3 heterocycles. The number of benzene rings is 1. The van der Waals surface area contributed by atoms with Gasteiger partial charge in [-0.15, -0.1) is 4.80 Å². The fourth-order valence-electron chi connectivity index (χ4n) is 4.55. The summed E-state index contributed by atoms with van der Waals surface area (Å²) in [6, 6.07) is 9.28. The van der Waals surface area contributed by atoms with Gasteiger partial charge in [-0.2, -0.15) is 15.5 Å². The van der Waals surface area contributed by atoms with Crippen LogP contribution in [-0.4, -0.2) is 61.7 Å². The zero-order valence-electron chi connectivity index (χ0n) is 23.7. The lowest BCUT2D eigenvalue weighted by Crippen LogP contribution is -2.46. The van der Waals surface area contributed by atoms with Crippen LogP contribution >= 0.6 is 11.3 Å². The molecule has 3 aromatic heterocycles. The maximum atomic E-state index is 14.0. The summed E-state index contributed by atoms with van der Waals surface area (Å²) in [5.74, 6) is 0.207. The van der Waals surface area contributed by atoms with E-state index >= 15 is 0 Å². The Morgan fingerprint density at radius 2 is 1.90 bits per heavy atom. The number of amides is 1. The Hall–Kier alpha value is -4.28. The number of methoxy groups -OCH3 is 1. The molecule has 0 fully saturated rings. The number of nitriles is 1. The van der Waals surface area contributed by atoms with Crippen molar-refractivity contribution in [2.24, 2.45) is 0 Å². The van der Waals surface area contributed by atoms with Crippen molar-refractivity contribution in [1.82, 2.24) is 29.0 Å². The largest absolute Gasteiger partial charge is 0.496 e. The van der Waals surface area contributed by atoms with Crippen LogP contribution in [0.3, 0.4) is 0 Å². The predicted octanol–water partition coefficient (Wildman–Crippen LogP) is 3.05. The first-order valence-corrected chi connectivity index (χ1v) is 14.1. The van der Waals surface area contributed by atoms with E-state index < -0.39 is 23.9 Å². The molecule has 41 heavy (non-hydrogen) atoms. The lowest BCUT2D eigenvalue weighted by atomic mass is 10.1. The van der Waals surface area contributed by atoms with E-state index in [0.717, 1.165) is 11.0 Å². The smallest absolute Gasteiger partial charge is 0.332 e. The number of rotatable bonds is 12. The van der Waals surface area contributed by atoms with Gasteiger partial charge in [-0.25, -0.2) is 4.79 Å². The quantitative estimate of drug-likeness (QED) is 0.234. The number of para-hydroxylation sites is 1. The normalized spacial score (nSPS) is 12.7. The molecule has 4 rings (SSSR count). The monoisotopic (exact) mass is 579 g/mol. The van der Waals surface area contributed by atoms with Crippen molar-refractivity contribution >= 4 is 27.5 Å². The Morgan fingerprint density at radius 3 is 2.56 bits per heavy atom. The maximum Gasteiger partial charge on any atom is 0.332 e.